The van der Waals surface area contributed by atoms with Crippen LogP contribution in [0.2, 0.25) is 0 Å². The molecular weight excluding hydrogens is 252 g/mol. The van der Waals surface area contributed by atoms with Crippen LogP contribution < -0.4 is 10.2 Å². The van der Waals surface area contributed by atoms with Crippen LogP contribution in [0.4, 0.5) is 10.5 Å². The van der Waals surface area contributed by atoms with Crippen LogP contribution in [-0.2, 0) is 11.2 Å². The Morgan fingerprint density at radius 1 is 0.900 bits per heavy atom. The predicted molar refractivity (Wildman–Crippen MR) is 76.4 cm³/mol. The first kappa shape index (κ1) is 12.4. The molecule has 2 aromatic rings. The van der Waals surface area contributed by atoms with Crippen molar-refractivity contribution in [3.8, 4) is 0 Å². The van der Waals surface area contributed by atoms with Gasteiger partial charge in [-0.1, -0.05) is 48.5 Å². The van der Waals surface area contributed by atoms with Gasteiger partial charge in [0, 0.05) is 6.42 Å². The molecule has 1 aliphatic rings. The molecule has 0 radical (unpaired) electrons. The van der Waals surface area contributed by atoms with Crippen molar-refractivity contribution in [3.05, 3.63) is 66.2 Å². The van der Waals surface area contributed by atoms with Crippen LogP contribution in [0.3, 0.4) is 0 Å². The van der Waals surface area contributed by atoms with Gasteiger partial charge in [0.15, 0.2) is 0 Å². The van der Waals surface area contributed by atoms with Gasteiger partial charge in [-0.15, -0.1) is 0 Å². The van der Waals surface area contributed by atoms with Crippen molar-refractivity contribution < 1.29 is 9.59 Å². The number of rotatable bonds is 3. The van der Waals surface area contributed by atoms with Crippen LogP contribution in [0.15, 0.2) is 60.7 Å². The number of nitrogens with one attached hydrogen (secondary N) is 1. The number of hydrogen-bond acceptors (Lipinski definition) is 2. The average molecular weight is 266 g/mol. The molecule has 0 bridgehead atoms. The fourth-order valence-corrected chi connectivity index (χ4v) is 2.34. The molecule has 1 N–H and O–H groups in total. The topological polar surface area (TPSA) is 49.4 Å². The Morgan fingerprint density at radius 3 is 2.15 bits per heavy atom. The minimum absolute atomic E-state index is 0.204. The van der Waals surface area contributed by atoms with E-state index in [9.17, 15) is 9.59 Å². The highest BCUT2D eigenvalue weighted by Gasteiger charge is 2.38. The molecule has 20 heavy (non-hydrogen) atoms. The van der Waals surface area contributed by atoms with E-state index in [-0.39, 0.29) is 11.9 Å². The molecule has 0 aromatic heterocycles. The number of imide groups is 1. The van der Waals surface area contributed by atoms with Gasteiger partial charge in [-0.25, -0.2) is 9.69 Å². The molecule has 0 spiro atoms. The molecule has 4 heteroatoms. The van der Waals surface area contributed by atoms with E-state index in [1.807, 2.05) is 36.4 Å². The van der Waals surface area contributed by atoms with E-state index in [1.165, 1.54) is 4.90 Å². The van der Waals surface area contributed by atoms with Crippen LogP contribution in [0.5, 0.6) is 0 Å². The van der Waals surface area contributed by atoms with Gasteiger partial charge in [-0.3, -0.25) is 4.79 Å². The highest BCUT2D eigenvalue weighted by Crippen LogP contribution is 2.20. The molecule has 1 saturated heterocycles. The van der Waals surface area contributed by atoms with E-state index < -0.39 is 6.04 Å². The minimum Gasteiger partial charge on any atom is -0.325 e. The summed E-state index contributed by atoms with van der Waals surface area (Å²) in [4.78, 5) is 25.5. The number of carbonyl (C=O) groups excluding carboxylic acids is 2. The van der Waals surface area contributed by atoms with Crippen molar-refractivity contribution in [2.24, 2.45) is 0 Å². The molecule has 3 rings (SSSR count). The quantitative estimate of drug-likeness (QED) is 0.867. The summed E-state index contributed by atoms with van der Waals surface area (Å²) in [6, 6.07) is 17.8. The average Bonchev–Trinajstić information content (AvgIpc) is 2.75. The Morgan fingerprint density at radius 2 is 1.50 bits per heavy atom. The van der Waals surface area contributed by atoms with Gasteiger partial charge >= 0.3 is 6.03 Å². The molecule has 2 aromatic carbocycles. The summed E-state index contributed by atoms with van der Waals surface area (Å²) in [6.07, 6.45) is 0.509. The standard InChI is InChI=1S/C16H14N2O2/c19-15-14(11-12-7-3-1-4-8-12)17-16(20)18(15)13-9-5-2-6-10-13/h1-10,14H,11H2,(H,17,20)/t14-/m1/s1. The molecule has 100 valence electrons. The second-order valence-corrected chi connectivity index (χ2v) is 4.70. The number of hydrogen-bond donors (Lipinski definition) is 1. The lowest BCUT2D eigenvalue weighted by atomic mass is 10.1. The first-order valence-electron chi connectivity index (χ1n) is 6.49. The zero-order chi connectivity index (χ0) is 13.9. The lowest BCUT2D eigenvalue weighted by molar-refractivity contribution is -0.118. The molecule has 1 aliphatic heterocycles. The molecule has 0 aliphatic carbocycles. The number of para-hydroxylation sites is 1. The fraction of sp³-hybridized carbons (Fsp3) is 0.125. The Bertz CT molecular complexity index is 625. The summed E-state index contributed by atoms with van der Waals surface area (Å²) in [5.74, 6) is -0.204. The SMILES string of the molecule is O=C1N[C@H](Cc2ccccc2)C(=O)N1c1ccccc1. The summed E-state index contributed by atoms with van der Waals surface area (Å²) < 4.78 is 0. The monoisotopic (exact) mass is 266 g/mol. The second kappa shape index (κ2) is 5.17. The predicted octanol–water partition coefficient (Wildman–Crippen LogP) is 2.35. The van der Waals surface area contributed by atoms with E-state index >= 15 is 0 Å². The normalized spacial score (nSPS) is 18.2. The lowest BCUT2D eigenvalue weighted by Crippen LogP contribution is -2.32. The minimum atomic E-state index is -0.495. The zero-order valence-corrected chi connectivity index (χ0v) is 10.8. The maximum Gasteiger partial charge on any atom is 0.329 e. The molecule has 4 nitrogen and oxygen atoms in total. The van der Waals surface area contributed by atoms with Gasteiger partial charge in [-0.2, -0.15) is 0 Å². The maximum absolute atomic E-state index is 12.4. The Hall–Kier alpha value is -2.62. The van der Waals surface area contributed by atoms with Crippen LogP contribution in [0.25, 0.3) is 0 Å². The third-order valence-corrected chi connectivity index (χ3v) is 3.32. The third kappa shape index (κ3) is 2.28. The summed E-state index contributed by atoms with van der Waals surface area (Å²) in [7, 11) is 0. The molecule has 1 atom stereocenters. The molecule has 1 fully saturated rings. The van der Waals surface area contributed by atoms with E-state index in [2.05, 4.69) is 5.32 Å². The number of urea groups is 1. The van der Waals surface area contributed by atoms with Crippen LogP contribution >= 0.6 is 0 Å². The lowest BCUT2D eigenvalue weighted by Gasteiger charge is -2.12. The second-order valence-electron chi connectivity index (χ2n) is 4.70. The summed E-state index contributed by atoms with van der Waals surface area (Å²) >= 11 is 0. The van der Waals surface area contributed by atoms with Gasteiger partial charge in [0.1, 0.15) is 6.04 Å². The van der Waals surface area contributed by atoms with E-state index in [0.29, 0.717) is 12.1 Å². The Kier molecular flexibility index (Phi) is 3.21. The van der Waals surface area contributed by atoms with Crippen LogP contribution in [0, 0.1) is 0 Å². The highest BCUT2D eigenvalue weighted by molar-refractivity contribution is 6.21. The van der Waals surface area contributed by atoms with E-state index in [0.717, 1.165) is 5.56 Å². The summed E-state index contributed by atoms with van der Waals surface area (Å²) in [5, 5.41) is 2.74. The van der Waals surface area contributed by atoms with Crippen molar-refractivity contribution in [3.63, 3.8) is 0 Å². The van der Waals surface area contributed by atoms with Gasteiger partial charge < -0.3 is 5.32 Å². The summed E-state index contributed by atoms with van der Waals surface area (Å²) in [6.45, 7) is 0. The van der Waals surface area contributed by atoms with Crippen LogP contribution in [0.1, 0.15) is 5.56 Å². The fourth-order valence-electron chi connectivity index (χ4n) is 2.34. The molecular formula is C16H14N2O2. The van der Waals surface area contributed by atoms with Crippen molar-refractivity contribution >= 4 is 17.6 Å². The molecule has 0 unspecified atom stereocenters. The van der Waals surface area contributed by atoms with Crippen molar-refractivity contribution in [2.75, 3.05) is 4.90 Å². The van der Waals surface area contributed by atoms with Crippen LogP contribution in [-0.4, -0.2) is 18.0 Å². The first-order chi connectivity index (χ1) is 9.75. The maximum atomic E-state index is 12.4. The Labute approximate surface area is 117 Å². The highest BCUT2D eigenvalue weighted by atomic mass is 16.2. The van der Waals surface area contributed by atoms with Gasteiger partial charge in [0.25, 0.3) is 5.91 Å². The zero-order valence-electron chi connectivity index (χ0n) is 10.8. The smallest absolute Gasteiger partial charge is 0.325 e. The Balaban J connectivity index is 1.81. The number of nitrogens with zero attached hydrogens (tertiary/aromatic N) is 1. The summed E-state index contributed by atoms with van der Waals surface area (Å²) in [5.41, 5.74) is 1.63. The van der Waals surface area contributed by atoms with Crippen molar-refractivity contribution in [1.29, 1.82) is 0 Å². The third-order valence-electron chi connectivity index (χ3n) is 3.32. The van der Waals surface area contributed by atoms with Gasteiger partial charge in [0.2, 0.25) is 0 Å². The van der Waals surface area contributed by atoms with Gasteiger partial charge in [-0.05, 0) is 17.7 Å². The number of benzene rings is 2. The molecule has 0 saturated carbocycles. The largest absolute Gasteiger partial charge is 0.329 e. The molecule has 3 amide bonds. The van der Waals surface area contributed by atoms with E-state index in [4.69, 9.17) is 0 Å². The number of amides is 3. The van der Waals surface area contributed by atoms with Crippen molar-refractivity contribution in [1.82, 2.24) is 5.32 Å². The van der Waals surface area contributed by atoms with E-state index in [1.54, 1.807) is 24.3 Å². The van der Waals surface area contributed by atoms with Crippen molar-refractivity contribution in [2.45, 2.75) is 12.5 Å². The number of carbonyl (C=O) groups is 2. The molecule has 1 heterocycles. The first-order valence-corrected chi connectivity index (χ1v) is 6.49. The number of anilines is 1. The van der Waals surface area contributed by atoms with Gasteiger partial charge in [0.05, 0.1) is 5.69 Å².